The zero-order chi connectivity index (χ0) is 18.3. The van der Waals surface area contributed by atoms with Crippen molar-refractivity contribution in [3.63, 3.8) is 0 Å². The van der Waals surface area contributed by atoms with Crippen LogP contribution in [0, 0.1) is 56.2 Å². The van der Waals surface area contributed by atoms with E-state index in [9.17, 15) is 15.8 Å². The molecular formula is C18H19N5O2. The summed E-state index contributed by atoms with van der Waals surface area (Å²) in [6.07, 6.45) is 2.31. The zero-order valence-corrected chi connectivity index (χ0v) is 14.2. The van der Waals surface area contributed by atoms with Crippen LogP contribution in [0.1, 0.15) is 44.9 Å². The van der Waals surface area contributed by atoms with Crippen LogP contribution in [0.2, 0.25) is 0 Å². The summed E-state index contributed by atoms with van der Waals surface area (Å²) in [7, 11) is 0. The van der Waals surface area contributed by atoms with Gasteiger partial charge in [-0.1, -0.05) is 13.8 Å². The van der Waals surface area contributed by atoms with Crippen LogP contribution in [-0.4, -0.2) is 16.7 Å². The molecule has 0 amide bonds. The summed E-state index contributed by atoms with van der Waals surface area (Å²) in [5, 5.41) is 38.5. The van der Waals surface area contributed by atoms with Crippen molar-refractivity contribution in [2.45, 2.75) is 45.0 Å². The van der Waals surface area contributed by atoms with E-state index >= 15 is 0 Å². The molecule has 3 heterocycles. The molecule has 0 spiro atoms. The number of nitrogens with one attached hydrogen (secondary N) is 2. The number of rotatable bonds is 4. The Kier molecular flexibility index (Phi) is 3.82. The Bertz CT molecular complexity index is 798. The highest BCUT2D eigenvalue weighted by molar-refractivity contribution is 5.89. The van der Waals surface area contributed by atoms with Gasteiger partial charge in [0.25, 0.3) is 0 Å². The van der Waals surface area contributed by atoms with Crippen molar-refractivity contribution in [1.29, 1.82) is 21.2 Å². The number of nitriles is 3. The maximum absolute atomic E-state index is 10.1. The maximum Gasteiger partial charge on any atom is 0.217 e. The molecule has 7 heteroatoms. The third kappa shape index (κ3) is 1.78. The summed E-state index contributed by atoms with van der Waals surface area (Å²) >= 11 is 0. The predicted octanol–water partition coefficient (Wildman–Crippen LogP) is 3.16. The minimum Gasteiger partial charge on any atom is -0.447 e. The fraction of sp³-hybridized carbons (Fsp3) is 0.556. The molecule has 2 fully saturated rings. The molecule has 128 valence electrons. The summed E-state index contributed by atoms with van der Waals surface area (Å²) in [5.74, 6) is -2.08. The Balaban J connectivity index is 2.34. The first-order valence-corrected chi connectivity index (χ1v) is 8.34. The molecule has 2 saturated heterocycles. The molecule has 2 bridgehead atoms. The zero-order valence-electron chi connectivity index (χ0n) is 14.2. The first-order valence-electron chi connectivity index (χ1n) is 8.34. The van der Waals surface area contributed by atoms with Crippen molar-refractivity contribution in [2.75, 3.05) is 0 Å². The minimum absolute atomic E-state index is 0.340. The average molecular weight is 337 g/mol. The Morgan fingerprint density at radius 3 is 2.44 bits per heavy atom. The Hall–Kier alpha value is -2.82. The molecule has 0 radical (unpaired) electrons. The van der Waals surface area contributed by atoms with E-state index in [0.29, 0.717) is 18.5 Å². The molecule has 0 saturated carbocycles. The van der Waals surface area contributed by atoms with E-state index in [-0.39, 0.29) is 5.90 Å². The number of aromatic nitrogens is 1. The van der Waals surface area contributed by atoms with Crippen molar-refractivity contribution >= 4 is 5.90 Å². The number of H-pyrrole nitrogens is 1. The lowest BCUT2D eigenvalue weighted by Crippen LogP contribution is -2.59. The Morgan fingerprint density at radius 2 is 1.96 bits per heavy atom. The van der Waals surface area contributed by atoms with Gasteiger partial charge in [-0.25, -0.2) is 0 Å². The van der Waals surface area contributed by atoms with Crippen LogP contribution < -0.4 is 0 Å². The van der Waals surface area contributed by atoms with E-state index in [2.05, 4.69) is 11.1 Å². The lowest BCUT2D eigenvalue weighted by molar-refractivity contribution is -0.287. The standard InChI is InChI=1S/C18H19N5O2/c1-3-7-18-13(4-2)17(11-21,15(22)25-18)16(9-19,10-20)14(24-18)12-6-5-8-23-12/h5-6,8,13-14,22-23H,3-4,7H2,1-2H3. The molecule has 2 aliphatic rings. The van der Waals surface area contributed by atoms with Gasteiger partial charge in [0.1, 0.15) is 6.10 Å². The highest BCUT2D eigenvalue weighted by Gasteiger charge is 2.79. The first kappa shape index (κ1) is 17.0. The number of aromatic amines is 1. The van der Waals surface area contributed by atoms with Gasteiger partial charge < -0.3 is 14.5 Å². The van der Waals surface area contributed by atoms with Crippen LogP contribution in [0.15, 0.2) is 18.3 Å². The van der Waals surface area contributed by atoms with E-state index in [1.807, 2.05) is 26.0 Å². The topological polar surface area (TPSA) is 129 Å². The molecule has 25 heavy (non-hydrogen) atoms. The summed E-state index contributed by atoms with van der Waals surface area (Å²) < 4.78 is 12.1. The Labute approximate surface area is 146 Å². The van der Waals surface area contributed by atoms with E-state index in [0.717, 1.165) is 6.42 Å². The monoisotopic (exact) mass is 337 g/mol. The second-order valence-corrected chi connectivity index (χ2v) is 6.53. The summed E-state index contributed by atoms with van der Waals surface area (Å²) in [5.41, 5.74) is -3.02. The molecule has 0 aliphatic carbocycles. The van der Waals surface area contributed by atoms with Gasteiger partial charge in [-0.3, -0.25) is 5.41 Å². The second kappa shape index (κ2) is 5.62. The second-order valence-electron chi connectivity index (χ2n) is 6.53. The van der Waals surface area contributed by atoms with E-state index < -0.39 is 28.6 Å². The normalized spacial score (nSPS) is 35.2. The summed E-state index contributed by atoms with van der Waals surface area (Å²) in [6, 6.07) is 9.65. The average Bonchev–Trinajstić information content (AvgIpc) is 3.20. The van der Waals surface area contributed by atoms with Crippen molar-refractivity contribution in [1.82, 2.24) is 4.98 Å². The minimum atomic E-state index is -1.88. The van der Waals surface area contributed by atoms with Crippen LogP contribution in [0.3, 0.4) is 0 Å². The molecule has 1 aromatic rings. The number of nitrogens with zero attached hydrogens (tertiary/aromatic N) is 3. The lowest BCUT2D eigenvalue weighted by Gasteiger charge is -2.49. The molecule has 3 rings (SSSR count). The van der Waals surface area contributed by atoms with Crippen LogP contribution >= 0.6 is 0 Å². The maximum atomic E-state index is 10.1. The summed E-state index contributed by atoms with van der Waals surface area (Å²) in [6.45, 7) is 3.82. The number of hydrogen-bond acceptors (Lipinski definition) is 6. The predicted molar refractivity (Wildman–Crippen MR) is 86.6 cm³/mol. The molecule has 4 unspecified atom stereocenters. The fourth-order valence-corrected chi connectivity index (χ4v) is 4.46. The molecule has 1 aromatic heterocycles. The number of hydrogen-bond donors (Lipinski definition) is 2. The van der Waals surface area contributed by atoms with Crippen molar-refractivity contribution in [2.24, 2.45) is 16.7 Å². The Morgan fingerprint density at radius 1 is 1.24 bits per heavy atom. The first-order chi connectivity index (χ1) is 12.0. The molecule has 7 nitrogen and oxygen atoms in total. The smallest absolute Gasteiger partial charge is 0.217 e. The third-order valence-electron chi connectivity index (χ3n) is 5.46. The lowest BCUT2D eigenvalue weighted by atomic mass is 9.53. The highest BCUT2D eigenvalue weighted by atomic mass is 16.7. The molecular weight excluding hydrogens is 318 g/mol. The van der Waals surface area contributed by atoms with Gasteiger partial charge >= 0.3 is 0 Å². The quantitative estimate of drug-likeness (QED) is 0.871. The largest absolute Gasteiger partial charge is 0.447 e. The van der Waals surface area contributed by atoms with E-state index in [1.165, 1.54) is 0 Å². The van der Waals surface area contributed by atoms with Crippen LogP contribution in [0.4, 0.5) is 0 Å². The van der Waals surface area contributed by atoms with Gasteiger partial charge in [-0.2, -0.15) is 15.8 Å². The highest BCUT2D eigenvalue weighted by Crippen LogP contribution is 2.67. The van der Waals surface area contributed by atoms with Gasteiger partial charge in [0.05, 0.1) is 24.1 Å². The third-order valence-corrected chi connectivity index (χ3v) is 5.46. The van der Waals surface area contributed by atoms with Crippen molar-refractivity contribution < 1.29 is 9.47 Å². The van der Waals surface area contributed by atoms with Gasteiger partial charge in [-0.05, 0) is 25.0 Å². The molecule has 0 aromatic carbocycles. The summed E-state index contributed by atoms with van der Waals surface area (Å²) in [4.78, 5) is 2.98. The van der Waals surface area contributed by atoms with Crippen LogP contribution in [0.25, 0.3) is 0 Å². The molecule has 4 atom stereocenters. The molecule has 2 aliphatic heterocycles. The van der Waals surface area contributed by atoms with E-state index in [4.69, 9.17) is 14.9 Å². The van der Waals surface area contributed by atoms with Gasteiger partial charge in [0.15, 0.2) is 5.41 Å². The van der Waals surface area contributed by atoms with Crippen molar-refractivity contribution in [3.8, 4) is 18.2 Å². The number of ether oxygens (including phenoxy) is 2. The van der Waals surface area contributed by atoms with Crippen LogP contribution in [-0.2, 0) is 9.47 Å². The molecule has 2 N–H and O–H groups in total. The van der Waals surface area contributed by atoms with E-state index in [1.54, 1.807) is 18.3 Å². The van der Waals surface area contributed by atoms with Gasteiger partial charge in [0, 0.05) is 18.3 Å². The van der Waals surface area contributed by atoms with Crippen LogP contribution in [0.5, 0.6) is 0 Å². The van der Waals surface area contributed by atoms with Gasteiger partial charge in [-0.15, -0.1) is 0 Å². The number of fused-ring (bicyclic) bond motifs is 2. The SMILES string of the molecule is CCCC12OC(=N)C(C#N)(C1CC)C(C#N)(C#N)C(c1ccc[nH]1)O2. The fourth-order valence-electron chi connectivity index (χ4n) is 4.46. The van der Waals surface area contributed by atoms with Crippen molar-refractivity contribution in [3.05, 3.63) is 24.0 Å². The van der Waals surface area contributed by atoms with Gasteiger partial charge in [0.2, 0.25) is 17.1 Å².